The van der Waals surface area contributed by atoms with E-state index in [1.807, 2.05) is 12.1 Å². The number of rotatable bonds is 9. The zero-order valence-electron chi connectivity index (χ0n) is 11.9. The minimum Gasteiger partial charge on any atom is -0.0843 e. The largest absolute Gasteiger partial charge is 0.0843 e. The summed E-state index contributed by atoms with van der Waals surface area (Å²) in [6.07, 6.45) is 10.7. The van der Waals surface area contributed by atoms with E-state index in [0.717, 1.165) is 10.9 Å². The summed E-state index contributed by atoms with van der Waals surface area (Å²) in [6.45, 7) is 4.56. The predicted octanol–water partition coefficient (Wildman–Crippen LogP) is 6.27. The van der Waals surface area contributed by atoms with E-state index >= 15 is 0 Å². The minimum atomic E-state index is 0.842. The van der Waals surface area contributed by atoms with Crippen molar-refractivity contribution in [2.45, 2.75) is 65.2 Å². The third kappa shape index (κ3) is 6.44. The quantitative estimate of drug-likeness (QED) is 0.462. The fourth-order valence-electron chi connectivity index (χ4n) is 2.48. The first-order valence-electron chi connectivity index (χ1n) is 7.50. The van der Waals surface area contributed by atoms with Crippen LogP contribution in [0.4, 0.5) is 0 Å². The van der Waals surface area contributed by atoms with E-state index in [0.29, 0.717) is 0 Å². The van der Waals surface area contributed by atoms with Crippen molar-refractivity contribution < 1.29 is 0 Å². The molecule has 0 bridgehead atoms. The van der Waals surface area contributed by atoms with Gasteiger partial charge in [-0.15, -0.1) is 0 Å². The van der Waals surface area contributed by atoms with Gasteiger partial charge in [0.2, 0.25) is 0 Å². The first kappa shape index (κ1) is 15.6. The van der Waals surface area contributed by atoms with Crippen LogP contribution in [-0.2, 0) is 6.42 Å². The summed E-state index contributed by atoms with van der Waals surface area (Å²) in [5.41, 5.74) is 1.44. The second kappa shape index (κ2) is 9.44. The summed E-state index contributed by atoms with van der Waals surface area (Å²) in [7, 11) is 0. The molecule has 0 spiro atoms. The van der Waals surface area contributed by atoms with Gasteiger partial charge in [-0.1, -0.05) is 82.5 Å². The zero-order valence-corrected chi connectivity index (χ0v) is 12.7. The molecule has 1 aromatic rings. The lowest BCUT2D eigenvalue weighted by Crippen LogP contribution is -2.05. The van der Waals surface area contributed by atoms with Crippen LogP contribution in [0.1, 0.15) is 64.4 Å². The maximum absolute atomic E-state index is 5.93. The Kier molecular flexibility index (Phi) is 8.17. The van der Waals surface area contributed by atoms with Gasteiger partial charge in [-0.05, 0) is 30.0 Å². The van der Waals surface area contributed by atoms with Gasteiger partial charge >= 0.3 is 0 Å². The molecular weight excluding hydrogens is 240 g/mol. The standard InChI is InChI=1S/C17H27Cl/c1-3-5-7-9-15(8-6-4-2)14-16-10-12-17(18)13-11-16/h10-13,15H,3-9,14H2,1-2H3. The lowest BCUT2D eigenvalue weighted by molar-refractivity contribution is 0.412. The normalized spacial score (nSPS) is 12.6. The Balaban J connectivity index is 2.45. The molecule has 0 saturated heterocycles. The molecule has 0 radical (unpaired) electrons. The van der Waals surface area contributed by atoms with Crippen molar-refractivity contribution in [1.29, 1.82) is 0 Å². The molecule has 0 aromatic heterocycles. The van der Waals surface area contributed by atoms with E-state index in [1.165, 1.54) is 56.9 Å². The van der Waals surface area contributed by atoms with Crippen molar-refractivity contribution in [2.75, 3.05) is 0 Å². The predicted molar refractivity (Wildman–Crippen MR) is 82.3 cm³/mol. The van der Waals surface area contributed by atoms with E-state index < -0.39 is 0 Å². The summed E-state index contributed by atoms with van der Waals surface area (Å²) in [5, 5.41) is 0.842. The van der Waals surface area contributed by atoms with Gasteiger partial charge in [0.15, 0.2) is 0 Å². The van der Waals surface area contributed by atoms with Crippen LogP contribution >= 0.6 is 11.6 Å². The number of halogens is 1. The topological polar surface area (TPSA) is 0 Å². The SMILES string of the molecule is CCCCCC(CCCC)Cc1ccc(Cl)cc1. The van der Waals surface area contributed by atoms with Crippen molar-refractivity contribution in [2.24, 2.45) is 5.92 Å². The van der Waals surface area contributed by atoms with E-state index in [2.05, 4.69) is 26.0 Å². The van der Waals surface area contributed by atoms with Gasteiger partial charge in [-0.25, -0.2) is 0 Å². The van der Waals surface area contributed by atoms with E-state index in [9.17, 15) is 0 Å². The fourth-order valence-corrected chi connectivity index (χ4v) is 2.60. The Morgan fingerprint density at radius 3 is 2.11 bits per heavy atom. The van der Waals surface area contributed by atoms with Crippen LogP contribution in [0.3, 0.4) is 0 Å². The summed E-state index contributed by atoms with van der Waals surface area (Å²) >= 11 is 5.93. The molecule has 1 heteroatoms. The van der Waals surface area contributed by atoms with Crippen LogP contribution in [0, 0.1) is 5.92 Å². The molecule has 18 heavy (non-hydrogen) atoms. The highest BCUT2D eigenvalue weighted by molar-refractivity contribution is 6.30. The van der Waals surface area contributed by atoms with Gasteiger partial charge in [-0.2, -0.15) is 0 Å². The number of hydrogen-bond acceptors (Lipinski definition) is 0. The van der Waals surface area contributed by atoms with Crippen molar-refractivity contribution in [3.63, 3.8) is 0 Å². The van der Waals surface area contributed by atoms with Crippen molar-refractivity contribution in [1.82, 2.24) is 0 Å². The van der Waals surface area contributed by atoms with Gasteiger partial charge in [0.25, 0.3) is 0 Å². The molecule has 1 aromatic carbocycles. The lowest BCUT2D eigenvalue weighted by atomic mass is 9.89. The first-order valence-corrected chi connectivity index (χ1v) is 7.88. The third-order valence-electron chi connectivity index (χ3n) is 3.62. The zero-order chi connectivity index (χ0) is 13.2. The van der Waals surface area contributed by atoms with E-state index in [-0.39, 0.29) is 0 Å². The highest BCUT2D eigenvalue weighted by atomic mass is 35.5. The Hall–Kier alpha value is -0.490. The van der Waals surface area contributed by atoms with Crippen LogP contribution in [0.25, 0.3) is 0 Å². The van der Waals surface area contributed by atoms with Crippen LogP contribution in [-0.4, -0.2) is 0 Å². The molecular formula is C17H27Cl. The highest BCUT2D eigenvalue weighted by Crippen LogP contribution is 2.22. The molecule has 102 valence electrons. The van der Waals surface area contributed by atoms with E-state index in [1.54, 1.807) is 0 Å². The van der Waals surface area contributed by atoms with Gasteiger partial charge < -0.3 is 0 Å². The average molecular weight is 267 g/mol. The number of hydrogen-bond donors (Lipinski definition) is 0. The molecule has 0 fully saturated rings. The van der Waals surface area contributed by atoms with Gasteiger partial charge in [0.05, 0.1) is 0 Å². The Morgan fingerprint density at radius 1 is 0.889 bits per heavy atom. The van der Waals surface area contributed by atoms with Crippen molar-refractivity contribution in [3.05, 3.63) is 34.9 Å². The summed E-state index contributed by atoms with van der Waals surface area (Å²) in [4.78, 5) is 0. The molecule has 0 aliphatic heterocycles. The maximum Gasteiger partial charge on any atom is 0.0406 e. The van der Waals surface area contributed by atoms with Crippen LogP contribution < -0.4 is 0 Å². The second-order valence-electron chi connectivity index (χ2n) is 5.33. The number of benzene rings is 1. The molecule has 1 rings (SSSR count). The minimum absolute atomic E-state index is 0.842. The molecule has 0 N–H and O–H groups in total. The summed E-state index contributed by atoms with van der Waals surface area (Å²) in [5.74, 6) is 0.859. The molecule has 0 nitrogen and oxygen atoms in total. The summed E-state index contributed by atoms with van der Waals surface area (Å²) < 4.78 is 0. The van der Waals surface area contributed by atoms with Crippen LogP contribution in [0.2, 0.25) is 5.02 Å². The monoisotopic (exact) mass is 266 g/mol. The molecule has 0 aliphatic rings. The molecule has 0 aliphatic carbocycles. The number of unbranched alkanes of at least 4 members (excludes halogenated alkanes) is 3. The maximum atomic E-state index is 5.93. The van der Waals surface area contributed by atoms with Crippen molar-refractivity contribution in [3.8, 4) is 0 Å². The highest BCUT2D eigenvalue weighted by Gasteiger charge is 2.09. The Morgan fingerprint density at radius 2 is 1.50 bits per heavy atom. The summed E-state index contributed by atoms with van der Waals surface area (Å²) in [6, 6.07) is 8.39. The third-order valence-corrected chi connectivity index (χ3v) is 3.87. The van der Waals surface area contributed by atoms with Crippen LogP contribution in [0.15, 0.2) is 24.3 Å². The Labute approximate surface area is 118 Å². The van der Waals surface area contributed by atoms with Gasteiger partial charge in [0.1, 0.15) is 0 Å². The smallest absolute Gasteiger partial charge is 0.0406 e. The molecule has 0 heterocycles. The molecule has 0 saturated carbocycles. The average Bonchev–Trinajstić information content (AvgIpc) is 2.38. The van der Waals surface area contributed by atoms with Crippen molar-refractivity contribution >= 4 is 11.6 Å². The lowest BCUT2D eigenvalue weighted by Gasteiger charge is -2.16. The second-order valence-corrected chi connectivity index (χ2v) is 5.77. The van der Waals surface area contributed by atoms with Gasteiger partial charge in [-0.3, -0.25) is 0 Å². The fraction of sp³-hybridized carbons (Fsp3) is 0.647. The van der Waals surface area contributed by atoms with Crippen LogP contribution in [0.5, 0.6) is 0 Å². The Bertz CT molecular complexity index is 302. The van der Waals surface area contributed by atoms with E-state index in [4.69, 9.17) is 11.6 Å². The first-order chi connectivity index (χ1) is 8.76. The molecule has 0 amide bonds. The molecule has 1 atom stereocenters. The van der Waals surface area contributed by atoms with Gasteiger partial charge in [0, 0.05) is 5.02 Å². The molecule has 1 unspecified atom stereocenters.